The second-order valence-corrected chi connectivity index (χ2v) is 4.17. The summed E-state index contributed by atoms with van der Waals surface area (Å²) in [5.41, 5.74) is 1.12. The Kier molecular flexibility index (Phi) is 3.54. The maximum atomic E-state index is 6.07. The van der Waals surface area contributed by atoms with Gasteiger partial charge in [0, 0.05) is 19.4 Å². The van der Waals surface area contributed by atoms with E-state index in [1.807, 2.05) is 30.3 Å². The van der Waals surface area contributed by atoms with Crippen LogP contribution < -0.4 is 4.90 Å². The lowest BCUT2D eigenvalue weighted by molar-refractivity contribution is 0.723. The first-order chi connectivity index (χ1) is 8.20. The monoisotopic (exact) mass is 248 g/mol. The van der Waals surface area contributed by atoms with Gasteiger partial charge in [-0.15, -0.1) is 0 Å². The van der Waals surface area contributed by atoms with Crippen LogP contribution >= 0.6 is 11.6 Å². The number of pyridine rings is 1. The van der Waals surface area contributed by atoms with Crippen molar-refractivity contribution >= 4 is 17.4 Å². The van der Waals surface area contributed by atoms with E-state index in [9.17, 15) is 0 Å². The first kappa shape index (κ1) is 11.8. The minimum absolute atomic E-state index is 0.149. The van der Waals surface area contributed by atoms with Crippen LogP contribution in [0.2, 0.25) is 5.02 Å². The highest BCUT2D eigenvalue weighted by Gasteiger charge is 2.15. The van der Waals surface area contributed by atoms with Crippen molar-refractivity contribution < 1.29 is 0 Å². The van der Waals surface area contributed by atoms with E-state index in [1.165, 1.54) is 6.33 Å². The molecule has 2 aromatic rings. The quantitative estimate of drug-likeness (QED) is 0.838. The van der Waals surface area contributed by atoms with Gasteiger partial charge in [0.25, 0.3) is 0 Å². The third-order valence-electron chi connectivity index (χ3n) is 2.73. The van der Waals surface area contributed by atoms with Crippen LogP contribution in [-0.2, 0) is 0 Å². The van der Waals surface area contributed by atoms with Crippen molar-refractivity contribution in [2.24, 2.45) is 0 Å². The number of aromatic nitrogens is 3. The summed E-state index contributed by atoms with van der Waals surface area (Å²) in [6, 6.07) is 4.10. The van der Waals surface area contributed by atoms with E-state index in [0.717, 1.165) is 11.4 Å². The molecule has 88 valence electrons. The Morgan fingerprint density at radius 1 is 1.29 bits per heavy atom. The standard InChI is InChI=1S/C12H13ClN4/c1-9(10-4-3-5-14-6-10)17(2)12-11(13)7-15-8-16-12/h3-9H,1-2H3. The van der Waals surface area contributed by atoms with E-state index in [-0.39, 0.29) is 6.04 Å². The molecule has 0 aliphatic heterocycles. The molecule has 1 unspecified atom stereocenters. The SMILES string of the molecule is CC(c1cccnc1)N(C)c1ncncc1Cl. The molecule has 2 aromatic heterocycles. The Balaban J connectivity index is 2.27. The zero-order valence-electron chi connectivity index (χ0n) is 9.71. The Morgan fingerprint density at radius 2 is 2.12 bits per heavy atom. The van der Waals surface area contributed by atoms with Crippen LogP contribution in [0.5, 0.6) is 0 Å². The van der Waals surface area contributed by atoms with Crippen molar-refractivity contribution in [1.82, 2.24) is 15.0 Å². The molecule has 0 N–H and O–H groups in total. The first-order valence-corrected chi connectivity index (χ1v) is 5.66. The Labute approximate surface area is 105 Å². The lowest BCUT2D eigenvalue weighted by atomic mass is 10.1. The maximum Gasteiger partial charge on any atom is 0.151 e. The molecule has 1 atom stereocenters. The van der Waals surface area contributed by atoms with E-state index in [1.54, 1.807) is 12.4 Å². The Hall–Kier alpha value is -1.68. The number of hydrogen-bond acceptors (Lipinski definition) is 4. The molecule has 0 fully saturated rings. The van der Waals surface area contributed by atoms with Crippen LogP contribution in [0.1, 0.15) is 18.5 Å². The molecule has 2 rings (SSSR count). The molecule has 0 aromatic carbocycles. The molecule has 17 heavy (non-hydrogen) atoms. The van der Waals surface area contributed by atoms with Crippen molar-refractivity contribution in [3.05, 3.63) is 47.6 Å². The average molecular weight is 249 g/mol. The molecule has 0 spiro atoms. The minimum Gasteiger partial charge on any atom is -0.352 e. The van der Waals surface area contributed by atoms with Crippen molar-refractivity contribution in [3.63, 3.8) is 0 Å². The van der Waals surface area contributed by atoms with Crippen LogP contribution in [-0.4, -0.2) is 22.0 Å². The maximum absolute atomic E-state index is 6.07. The molecule has 0 aliphatic carbocycles. The number of anilines is 1. The van der Waals surface area contributed by atoms with Gasteiger partial charge < -0.3 is 4.90 Å². The average Bonchev–Trinajstić information content (AvgIpc) is 2.39. The fourth-order valence-electron chi connectivity index (χ4n) is 1.60. The van der Waals surface area contributed by atoms with E-state index >= 15 is 0 Å². The number of rotatable bonds is 3. The highest BCUT2D eigenvalue weighted by atomic mass is 35.5. The molecule has 0 saturated heterocycles. The summed E-state index contributed by atoms with van der Waals surface area (Å²) in [6.45, 7) is 2.08. The lowest BCUT2D eigenvalue weighted by Crippen LogP contribution is -2.23. The van der Waals surface area contributed by atoms with Gasteiger partial charge in [0.1, 0.15) is 11.3 Å². The van der Waals surface area contributed by atoms with Crippen molar-refractivity contribution in [2.45, 2.75) is 13.0 Å². The van der Waals surface area contributed by atoms with Crippen LogP contribution in [0.15, 0.2) is 37.1 Å². The summed E-state index contributed by atoms with van der Waals surface area (Å²) in [4.78, 5) is 14.2. The largest absolute Gasteiger partial charge is 0.352 e. The van der Waals surface area contributed by atoms with E-state index in [0.29, 0.717) is 5.02 Å². The Morgan fingerprint density at radius 3 is 2.76 bits per heavy atom. The summed E-state index contributed by atoms with van der Waals surface area (Å²) in [7, 11) is 1.95. The van der Waals surface area contributed by atoms with Gasteiger partial charge >= 0.3 is 0 Å². The fraction of sp³-hybridized carbons (Fsp3) is 0.250. The van der Waals surface area contributed by atoms with Gasteiger partial charge in [0.2, 0.25) is 0 Å². The van der Waals surface area contributed by atoms with Gasteiger partial charge in [0.15, 0.2) is 5.82 Å². The van der Waals surface area contributed by atoms with Gasteiger partial charge in [0.05, 0.1) is 12.2 Å². The van der Waals surface area contributed by atoms with E-state index in [4.69, 9.17) is 11.6 Å². The molecule has 0 bridgehead atoms. The minimum atomic E-state index is 0.149. The number of halogens is 1. The molecule has 4 nitrogen and oxygen atoms in total. The first-order valence-electron chi connectivity index (χ1n) is 5.28. The lowest BCUT2D eigenvalue weighted by Gasteiger charge is -2.26. The van der Waals surface area contributed by atoms with Crippen molar-refractivity contribution in [3.8, 4) is 0 Å². The van der Waals surface area contributed by atoms with Crippen LogP contribution in [0.25, 0.3) is 0 Å². The van der Waals surface area contributed by atoms with Crippen molar-refractivity contribution in [2.75, 3.05) is 11.9 Å². The summed E-state index contributed by atoms with van der Waals surface area (Å²) < 4.78 is 0. The van der Waals surface area contributed by atoms with Crippen molar-refractivity contribution in [1.29, 1.82) is 0 Å². The van der Waals surface area contributed by atoms with Gasteiger partial charge in [-0.25, -0.2) is 9.97 Å². The highest BCUT2D eigenvalue weighted by Crippen LogP contribution is 2.27. The molecule has 2 heterocycles. The third-order valence-corrected chi connectivity index (χ3v) is 3.00. The van der Waals surface area contributed by atoms with Gasteiger partial charge in [-0.3, -0.25) is 4.98 Å². The second kappa shape index (κ2) is 5.10. The van der Waals surface area contributed by atoms with Crippen LogP contribution in [0.3, 0.4) is 0 Å². The summed E-state index contributed by atoms with van der Waals surface area (Å²) in [5, 5.41) is 0.547. The molecule has 5 heteroatoms. The summed E-state index contributed by atoms with van der Waals surface area (Å²) in [5.74, 6) is 0.720. The fourth-order valence-corrected chi connectivity index (χ4v) is 1.83. The molecular weight excluding hydrogens is 236 g/mol. The van der Waals surface area contributed by atoms with Gasteiger partial charge in [-0.05, 0) is 18.6 Å². The predicted molar refractivity (Wildman–Crippen MR) is 68.1 cm³/mol. The summed E-state index contributed by atoms with van der Waals surface area (Å²) in [6.07, 6.45) is 6.69. The van der Waals surface area contributed by atoms with E-state index in [2.05, 4.69) is 21.9 Å². The normalized spacial score (nSPS) is 12.2. The molecule has 0 radical (unpaired) electrons. The summed E-state index contributed by atoms with van der Waals surface area (Å²) >= 11 is 6.07. The zero-order valence-corrected chi connectivity index (χ0v) is 10.5. The number of nitrogens with zero attached hydrogens (tertiary/aromatic N) is 4. The molecule has 0 aliphatic rings. The third kappa shape index (κ3) is 2.53. The van der Waals surface area contributed by atoms with Gasteiger partial charge in [-0.1, -0.05) is 17.7 Å². The predicted octanol–water partition coefficient (Wildman–Crippen LogP) is 2.72. The molecular formula is C12H13ClN4. The zero-order chi connectivity index (χ0) is 12.3. The van der Waals surface area contributed by atoms with Gasteiger partial charge in [-0.2, -0.15) is 0 Å². The topological polar surface area (TPSA) is 41.9 Å². The molecule has 0 saturated carbocycles. The Bertz CT molecular complexity index is 489. The van der Waals surface area contributed by atoms with Crippen LogP contribution in [0, 0.1) is 0 Å². The van der Waals surface area contributed by atoms with E-state index < -0.39 is 0 Å². The second-order valence-electron chi connectivity index (χ2n) is 3.77. The highest BCUT2D eigenvalue weighted by molar-refractivity contribution is 6.32. The van der Waals surface area contributed by atoms with Crippen LogP contribution in [0.4, 0.5) is 5.82 Å². The molecule has 0 amide bonds. The number of hydrogen-bond donors (Lipinski definition) is 0. The smallest absolute Gasteiger partial charge is 0.151 e.